The first-order valence-corrected chi connectivity index (χ1v) is 7.26. The Morgan fingerprint density at radius 2 is 1.72 bits per heavy atom. The van der Waals surface area contributed by atoms with E-state index in [1.807, 2.05) is 0 Å². The van der Waals surface area contributed by atoms with Crippen LogP contribution in [0.3, 0.4) is 0 Å². The molecular formula is C17H12F5N3. The lowest BCUT2D eigenvalue weighted by Crippen LogP contribution is -2.12. The van der Waals surface area contributed by atoms with Gasteiger partial charge in [0.25, 0.3) is 0 Å². The van der Waals surface area contributed by atoms with Crippen LogP contribution in [0.5, 0.6) is 0 Å². The lowest BCUT2D eigenvalue weighted by molar-refractivity contribution is -0.127. The lowest BCUT2D eigenvalue weighted by Gasteiger charge is -2.10. The molecule has 3 aromatic rings. The molecule has 0 unspecified atom stereocenters. The van der Waals surface area contributed by atoms with Crippen molar-refractivity contribution in [1.82, 2.24) is 14.8 Å². The van der Waals surface area contributed by atoms with E-state index in [4.69, 9.17) is 0 Å². The molecule has 8 heteroatoms. The Morgan fingerprint density at radius 3 is 2.40 bits per heavy atom. The number of benzene rings is 2. The molecular weight excluding hydrogens is 341 g/mol. The Hall–Kier alpha value is -2.77. The molecule has 25 heavy (non-hydrogen) atoms. The zero-order valence-corrected chi connectivity index (χ0v) is 13.0. The van der Waals surface area contributed by atoms with E-state index in [2.05, 4.69) is 10.1 Å². The second-order valence-corrected chi connectivity index (χ2v) is 5.46. The first-order chi connectivity index (χ1) is 11.7. The Bertz CT molecular complexity index is 915. The number of aryl methyl sites for hydroxylation is 1. The minimum Gasteiger partial charge on any atom is -0.248 e. The molecule has 0 aliphatic rings. The van der Waals surface area contributed by atoms with E-state index >= 15 is 0 Å². The van der Waals surface area contributed by atoms with Crippen LogP contribution in [-0.2, 0) is 13.5 Å². The normalized spacial score (nSPS) is 11.8. The average molecular weight is 353 g/mol. The number of hydrogen-bond acceptors (Lipinski definition) is 2. The lowest BCUT2D eigenvalue weighted by atomic mass is 10.0. The number of nitrogens with zero attached hydrogens (tertiary/aromatic N) is 3. The van der Waals surface area contributed by atoms with E-state index in [0.717, 1.165) is 6.07 Å². The van der Waals surface area contributed by atoms with Crippen LogP contribution in [0.1, 0.15) is 5.56 Å². The highest BCUT2D eigenvalue weighted by molar-refractivity contribution is 5.65. The fraction of sp³-hybridized carbons (Fsp3) is 0.176. The van der Waals surface area contributed by atoms with Crippen LogP contribution in [0, 0.1) is 11.6 Å². The summed E-state index contributed by atoms with van der Waals surface area (Å²) in [6.45, 7) is 0. The van der Waals surface area contributed by atoms with Crippen molar-refractivity contribution >= 4 is 0 Å². The third-order valence-electron chi connectivity index (χ3n) is 3.58. The van der Waals surface area contributed by atoms with Crippen molar-refractivity contribution in [3.8, 4) is 22.8 Å². The van der Waals surface area contributed by atoms with E-state index in [0.29, 0.717) is 6.07 Å². The van der Waals surface area contributed by atoms with E-state index in [-0.39, 0.29) is 28.3 Å². The zero-order valence-electron chi connectivity index (χ0n) is 13.0. The molecule has 1 heterocycles. The Morgan fingerprint density at radius 1 is 1.00 bits per heavy atom. The van der Waals surface area contributed by atoms with Crippen LogP contribution in [0.25, 0.3) is 22.8 Å². The first-order valence-electron chi connectivity index (χ1n) is 7.26. The van der Waals surface area contributed by atoms with E-state index in [1.54, 1.807) is 6.07 Å². The molecule has 0 N–H and O–H groups in total. The van der Waals surface area contributed by atoms with Crippen molar-refractivity contribution in [2.45, 2.75) is 12.6 Å². The van der Waals surface area contributed by atoms with Crippen LogP contribution >= 0.6 is 0 Å². The summed E-state index contributed by atoms with van der Waals surface area (Å²) < 4.78 is 66.5. The van der Waals surface area contributed by atoms with Crippen LogP contribution in [0.4, 0.5) is 22.0 Å². The molecule has 0 radical (unpaired) electrons. The summed E-state index contributed by atoms with van der Waals surface area (Å²) in [5.41, 5.74) is 0.261. The summed E-state index contributed by atoms with van der Waals surface area (Å²) >= 11 is 0. The maximum Gasteiger partial charge on any atom is 0.393 e. The van der Waals surface area contributed by atoms with Gasteiger partial charge in [-0.25, -0.2) is 18.4 Å². The number of halogens is 5. The molecule has 0 saturated heterocycles. The molecule has 3 rings (SSSR count). The Balaban J connectivity index is 2.07. The quantitative estimate of drug-likeness (QED) is 0.648. The summed E-state index contributed by atoms with van der Waals surface area (Å²) in [4.78, 5) is 4.15. The van der Waals surface area contributed by atoms with E-state index < -0.39 is 24.2 Å². The molecule has 0 aliphatic carbocycles. The maximum absolute atomic E-state index is 13.9. The van der Waals surface area contributed by atoms with E-state index in [9.17, 15) is 22.0 Å². The van der Waals surface area contributed by atoms with Gasteiger partial charge in [0, 0.05) is 18.7 Å². The van der Waals surface area contributed by atoms with Gasteiger partial charge in [-0.1, -0.05) is 24.3 Å². The molecule has 3 nitrogen and oxygen atoms in total. The average Bonchev–Trinajstić information content (AvgIpc) is 2.87. The topological polar surface area (TPSA) is 30.7 Å². The largest absolute Gasteiger partial charge is 0.393 e. The molecule has 1 aromatic heterocycles. The van der Waals surface area contributed by atoms with Gasteiger partial charge in [0.2, 0.25) is 0 Å². The van der Waals surface area contributed by atoms with Gasteiger partial charge in [-0.2, -0.15) is 18.3 Å². The number of hydrogen-bond donors (Lipinski definition) is 0. The molecule has 0 atom stereocenters. The molecule has 0 saturated carbocycles. The molecule has 130 valence electrons. The van der Waals surface area contributed by atoms with Gasteiger partial charge < -0.3 is 0 Å². The highest BCUT2D eigenvalue weighted by atomic mass is 19.4. The minimum atomic E-state index is -4.37. The predicted octanol–water partition coefficient (Wildman–Crippen LogP) is 4.53. The Kier molecular flexibility index (Phi) is 4.28. The SMILES string of the molecule is Cn1nc(-c2ccc(F)cc2F)nc1-c1ccccc1CC(F)(F)F. The fourth-order valence-corrected chi connectivity index (χ4v) is 2.51. The summed E-state index contributed by atoms with van der Waals surface area (Å²) in [6.07, 6.45) is -5.49. The second-order valence-electron chi connectivity index (χ2n) is 5.46. The zero-order chi connectivity index (χ0) is 18.2. The van der Waals surface area contributed by atoms with Gasteiger partial charge in [0.1, 0.15) is 11.6 Å². The van der Waals surface area contributed by atoms with E-state index in [1.165, 1.54) is 36.0 Å². The monoisotopic (exact) mass is 353 g/mol. The van der Waals surface area contributed by atoms with Gasteiger partial charge in [-0.3, -0.25) is 0 Å². The summed E-state index contributed by atoms with van der Waals surface area (Å²) in [5.74, 6) is -1.45. The van der Waals surface area contributed by atoms with Gasteiger partial charge in [0.15, 0.2) is 11.6 Å². The van der Waals surface area contributed by atoms with Gasteiger partial charge in [-0.15, -0.1) is 0 Å². The smallest absolute Gasteiger partial charge is 0.248 e. The van der Waals surface area contributed by atoms with Crippen molar-refractivity contribution < 1.29 is 22.0 Å². The van der Waals surface area contributed by atoms with Crippen molar-refractivity contribution in [3.63, 3.8) is 0 Å². The number of aromatic nitrogens is 3. The van der Waals surface area contributed by atoms with Crippen molar-refractivity contribution in [1.29, 1.82) is 0 Å². The number of alkyl halides is 3. The summed E-state index contributed by atoms with van der Waals surface area (Å²) in [5, 5.41) is 4.05. The third-order valence-corrected chi connectivity index (χ3v) is 3.58. The maximum atomic E-state index is 13.9. The van der Waals surface area contributed by atoms with Crippen LogP contribution in [-0.4, -0.2) is 20.9 Å². The van der Waals surface area contributed by atoms with Gasteiger partial charge >= 0.3 is 6.18 Å². The van der Waals surface area contributed by atoms with Gasteiger partial charge in [0.05, 0.1) is 12.0 Å². The fourth-order valence-electron chi connectivity index (χ4n) is 2.51. The first kappa shape index (κ1) is 17.1. The molecule has 0 fully saturated rings. The third kappa shape index (κ3) is 3.67. The van der Waals surface area contributed by atoms with Crippen molar-refractivity contribution in [3.05, 3.63) is 59.7 Å². The van der Waals surface area contributed by atoms with Crippen LogP contribution in [0.15, 0.2) is 42.5 Å². The Labute approximate surface area is 139 Å². The second kappa shape index (κ2) is 6.27. The molecule has 2 aromatic carbocycles. The molecule has 0 aliphatic heterocycles. The van der Waals surface area contributed by atoms with Crippen molar-refractivity contribution in [2.75, 3.05) is 0 Å². The van der Waals surface area contributed by atoms with Gasteiger partial charge in [-0.05, 0) is 17.7 Å². The molecule has 0 spiro atoms. The molecule has 0 bridgehead atoms. The predicted molar refractivity (Wildman–Crippen MR) is 81.6 cm³/mol. The summed E-state index contributed by atoms with van der Waals surface area (Å²) in [6, 6.07) is 8.88. The van der Waals surface area contributed by atoms with Crippen molar-refractivity contribution in [2.24, 2.45) is 7.05 Å². The van der Waals surface area contributed by atoms with Crippen LogP contribution in [0.2, 0.25) is 0 Å². The van der Waals surface area contributed by atoms with Crippen LogP contribution < -0.4 is 0 Å². The minimum absolute atomic E-state index is 0.0307. The standard InChI is InChI=1S/C17H12F5N3/c1-25-16(12-5-3-2-4-10(12)9-17(20,21)22)23-15(24-25)13-7-6-11(18)8-14(13)19/h2-8H,9H2,1H3. The number of rotatable bonds is 3. The highest BCUT2D eigenvalue weighted by Gasteiger charge is 2.29. The summed E-state index contributed by atoms with van der Waals surface area (Å²) in [7, 11) is 1.50. The molecule has 0 amide bonds. The highest BCUT2D eigenvalue weighted by Crippen LogP contribution is 2.30.